The number of carboxylic acid groups (broad SMARTS) is 1. The topological polar surface area (TPSA) is 76.1 Å². The lowest BCUT2D eigenvalue weighted by atomic mass is 10.1. The quantitative estimate of drug-likeness (QED) is 0.816. The van der Waals surface area contributed by atoms with E-state index in [0.717, 1.165) is 12.5 Å². The average Bonchev–Trinajstić information content (AvgIpc) is 2.52. The number of carbonyl (C=O) groups is 2. The molecule has 6 nitrogen and oxygen atoms in total. The number of rotatable bonds is 6. The zero-order valence-corrected chi connectivity index (χ0v) is 13.5. The van der Waals surface area contributed by atoms with Crippen LogP contribution in [-0.2, 0) is 9.59 Å². The summed E-state index contributed by atoms with van der Waals surface area (Å²) in [4.78, 5) is 24.6. The number of benzene rings is 1. The molecule has 1 aliphatic rings. The maximum atomic E-state index is 12.3. The molecule has 0 saturated heterocycles. The van der Waals surface area contributed by atoms with Gasteiger partial charge in [0.1, 0.15) is 0 Å². The van der Waals surface area contributed by atoms with Crippen molar-refractivity contribution in [3.63, 3.8) is 0 Å². The molecular formula is C17H21NO5. The summed E-state index contributed by atoms with van der Waals surface area (Å²) >= 11 is 0. The summed E-state index contributed by atoms with van der Waals surface area (Å²) in [5, 5.41) is 8.79. The molecule has 1 unspecified atom stereocenters. The molecule has 0 fully saturated rings. The number of ether oxygens (including phenoxy) is 2. The third-order valence-corrected chi connectivity index (χ3v) is 3.45. The standard InChI is InChI=1S/C17H21NO5/c1-4-8-22-14-10-12(6-7-15(19)20)9-13-16(14)23-11(3)17(21)18(13)5-2/h6-7,9-11H,4-5,8H2,1-3H3,(H,19,20)/b7-6+. The van der Waals surface area contributed by atoms with E-state index in [1.54, 1.807) is 24.0 Å². The summed E-state index contributed by atoms with van der Waals surface area (Å²) in [5.41, 5.74) is 1.25. The van der Waals surface area contributed by atoms with Crippen LogP contribution in [-0.4, -0.2) is 36.2 Å². The molecule has 1 aliphatic heterocycles. The fourth-order valence-corrected chi connectivity index (χ4v) is 2.40. The second kappa shape index (κ2) is 7.17. The molecule has 0 saturated carbocycles. The molecule has 0 radical (unpaired) electrons. The Labute approximate surface area is 135 Å². The minimum atomic E-state index is -1.04. The number of nitrogens with zero attached hydrogens (tertiary/aromatic N) is 1. The van der Waals surface area contributed by atoms with Crippen molar-refractivity contribution in [2.24, 2.45) is 0 Å². The average molecular weight is 319 g/mol. The number of amides is 1. The van der Waals surface area contributed by atoms with Gasteiger partial charge in [0.05, 0.1) is 12.3 Å². The van der Waals surface area contributed by atoms with Crippen molar-refractivity contribution >= 4 is 23.6 Å². The van der Waals surface area contributed by atoms with Gasteiger partial charge in [-0.15, -0.1) is 0 Å². The summed E-state index contributed by atoms with van der Waals surface area (Å²) in [6.45, 7) is 6.59. The number of anilines is 1. The fraction of sp³-hybridized carbons (Fsp3) is 0.412. The molecule has 1 aromatic rings. The van der Waals surface area contributed by atoms with Crippen LogP contribution in [0.3, 0.4) is 0 Å². The van der Waals surface area contributed by atoms with Crippen molar-refractivity contribution in [3.05, 3.63) is 23.8 Å². The fourth-order valence-electron chi connectivity index (χ4n) is 2.40. The lowest BCUT2D eigenvalue weighted by Crippen LogP contribution is -2.44. The first-order valence-electron chi connectivity index (χ1n) is 7.67. The van der Waals surface area contributed by atoms with E-state index in [2.05, 4.69) is 0 Å². The number of hydrogen-bond acceptors (Lipinski definition) is 4. The summed E-state index contributed by atoms with van der Waals surface area (Å²) in [6, 6.07) is 3.46. The molecule has 1 aromatic carbocycles. The van der Waals surface area contributed by atoms with Gasteiger partial charge in [0, 0.05) is 12.6 Å². The van der Waals surface area contributed by atoms with E-state index in [0.29, 0.717) is 35.9 Å². The van der Waals surface area contributed by atoms with Gasteiger partial charge in [-0.2, -0.15) is 0 Å². The molecule has 6 heteroatoms. The second-order valence-corrected chi connectivity index (χ2v) is 5.23. The third kappa shape index (κ3) is 3.64. The van der Waals surface area contributed by atoms with Crippen LogP contribution in [0.15, 0.2) is 18.2 Å². The van der Waals surface area contributed by atoms with Gasteiger partial charge >= 0.3 is 5.97 Å². The normalized spacial score (nSPS) is 17.1. The summed E-state index contributed by atoms with van der Waals surface area (Å²) in [5.74, 6) is -0.111. The number of fused-ring (bicyclic) bond motifs is 1. The highest BCUT2D eigenvalue weighted by Gasteiger charge is 2.33. The first-order chi connectivity index (χ1) is 11.0. The van der Waals surface area contributed by atoms with E-state index >= 15 is 0 Å². The van der Waals surface area contributed by atoms with Crippen LogP contribution >= 0.6 is 0 Å². The molecule has 0 spiro atoms. The van der Waals surface area contributed by atoms with Gasteiger partial charge in [0.25, 0.3) is 5.91 Å². The minimum absolute atomic E-state index is 0.124. The van der Waals surface area contributed by atoms with Crippen LogP contribution in [0.1, 0.15) is 32.8 Å². The second-order valence-electron chi connectivity index (χ2n) is 5.23. The molecule has 0 bridgehead atoms. The Morgan fingerprint density at radius 3 is 2.78 bits per heavy atom. The largest absolute Gasteiger partial charge is 0.490 e. The highest BCUT2D eigenvalue weighted by atomic mass is 16.5. The molecule has 1 amide bonds. The Bertz CT molecular complexity index is 638. The zero-order valence-electron chi connectivity index (χ0n) is 13.5. The van der Waals surface area contributed by atoms with Gasteiger partial charge in [0.15, 0.2) is 17.6 Å². The number of carboxylic acids is 1. The zero-order chi connectivity index (χ0) is 17.0. The van der Waals surface area contributed by atoms with E-state index in [9.17, 15) is 9.59 Å². The van der Waals surface area contributed by atoms with Crippen LogP contribution in [0.25, 0.3) is 6.08 Å². The van der Waals surface area contributed by atoms with Gasteiger partial charge in [-0.1, -0.05) is 6.92 Å². The summed E-state index contributed by atoms with van der Waals surface area (Å²) in [7, 11) is 0. The molecule has 1 atom stereocenters. The Hall–Kier alpha value is -2.50. The lowest BCUT2D eigenvalue weighted by molar-refractivity contribution is -0.131. The molecule has 0 aromatic heterocycles. The molecule has 1 heterocycles. The number of likely N-dealkylation sites (N-methyl/N-ethyl adjacent to an activating group) is 1. The van der Waals surface area contributed by atoms with E-state index in [1.165, 1.54) is 6.08 Å². The Kier molecular flexibility index (Phi) is 5.26. The predicted octanol–water partition coefficient (Wildman–Crippen LogP) is 2.71. The van der Waals surface area contributed by atoms with Gasteiger partial charge in [-0.05, 0) is 44.0 Å². The van der Waals surface area contributed by atoms with Crippen LogP contribution in [0.2, 0.25) is 0 Å². The Morgan fingerprint density at radius 1 is 1.43 bits per heavy atom. The SMILES string of the molecule is CCCOc1cc(/C=C/C(=O)O)cc2c1OC(C)C(=O)N2CC. The predicted molar refractivity (Wildman–Crippen MR) is 87.0 cm³/mol. The van der Waals surface area contributed by atoms with Crippen LogP contribution in [0, 0.1) is 0 Å². The number of aliphatic carboxylic acids is 1. The molecule has 23 heavy (non-hydrogen) atoms. The summed E-state index contributed by atoms with van der Waals surface area (Å²) in [6.07, 6.45) is 2.77. The third-order valence-electron chi connectivity index (χ3n) is 3.45. The number of carbonyl (C=O) groups excluding carboxylic acids is 1. The van der Waals surface area contributed by atoms with Crippen molar-refractivity contribution in [2.45, 2.75) is 33.3 Å². The minimum Gasteiger partial charge on any atom is -0.490 e. The monoisotopic (exact) mass is 319 g/mol. The Balaban J connectivity index is 2.53. The highest BCUT2D eigenvalue weighted by molar-refractivity contribution is 6.01. The maximum Gasteiger partial charge on any atom is 0.328 e. The van der Waals surface area contributed by atoms with E-state index in [-0.39, 0.29) is 5.91 Å². The summed E-state index contributed by atoms with van der Waals surface area (Å²) < 4.78 is 11.5. The van der Waals surface area contributed by atoms with Crippen molar-refractivity contribution in [1.29, 1.82) is 0 Å². The van der Waals surface area contributed by atoms with Gasteiger partial charge in [0.2, 0.25) is 0 Å². The van der Waals surface area contributed by atoms with E-state index in [4.69, 9.17) is 14.6 Å². The molecule has 2 rings (SSSR count). The van der Waals surface area contributed by atoms with Crippen LogP contribution in [0.4, 0.5) is 5.69 Å². The van der Waals surface area contributed by atoms with Crippen molar-refractivity contribution in [1.82, 2.24) is 0 Å². The van der Waals surface area contributed by atoms with Gasteiger partial charge in [-0.25, -0.2) is 4.79 Å². The molecule has 1 N–H and O–H groups in total. The van der Waals surface area contributed by atoms with Crippen LogP contribution < -0.4 is 14.4 Å². The smallest absolute Gasteiger partial charge is 0.328 e. The molecule has 124 valence electrons. The lowest BCUT2D eigenvalue weighted by Gasteiger charge is -2.33. The highest BCUT2D eigenvalue weighted by Crippen LogP contribution is 2.43. The van der Waals surface area contributed by atoms with Crippen LogP contribution in [0.5, 0.6) is 11.5 Å². The molecule has 0 aliphatic carbocycles. The first kappa shape index (κ1) is 16.9. The van der Waals surface area contributed by atoms with Crippen molar-refractivity contribution in [3.8, 4) is 11.5 Å². The first-order valence-corrected chi connectivity index (χ1v) is 7.67. The van der Waals surface area contributed by atoms with Gasteiger partial charge < -0.3 is 19.5 Å². The van der Waals surface area contributed by atoms with E-state index in [1.807, 2.05) is 13.8 Å². The van der Waals surface area contributed by atoms with Crippen molar-refractivity contribution in [2.75, 3.05) is 18.1 Å². The maximum absolute atomic E-state index is 12.3. The number of hydrogen-bond donors (Lipinski definition) is 1. The van der Waals surface area contributed by atoms with E-state index < -0.39 is 12.1 Å². The van der Waals surface area contributed by atoms with Crippen molar-refractivity contribution < 1.29 is 24.2 Å². The molecular weight excluding hydrogens is 298 g/mol. The Morgan fingerprint density at radius 2 is 2.17 bits per heavy atom. The van der Waals surface area contributed by atoms with Gasteiger partial charge in [-0.3, -0.25) is 4.79 Å².